The molecule has 1 heterocycles. The fourth-order valence-electron chi connectivity index (χ4n) is 2.13. The van der Waals surface area contributed by atoms with Crippen LogP contribution in [0.4, 0.5) is 0 Å². The van der Waals surface area contributed by atoms with E-state index in [0.717, 1.165) is 25.0 Å². The Morgan fingerprint density at radius 1 is 1.44 bits per heavy atom. The highest BCUT2D eigenvalue weighted by Gasteiger charge is 2.15. The molecule has 1 unspecified atom stereocenters. The summed E-state index contributed by atoms with van der Waals surface area (Å²) >= 11 is 0. The second-order valence-corrected chi connectivity index (χ2v) is 4.70. The molecule has 0 bridgehead atoms. The van der Waals surface area contributed by atoms with Gasteiger partial charge in [-0.05, 0) is 38.7 Å². The average molecular weight is 253 g/mol. The molecular formula is C14H23NO3. The van der Waals surface area contributed by atoms with Gasteiger partial charge in [0.2, 0.25) is 0 Å². The minimum Gasteiger partial charge on any atom is -0.466 e. The molecule has 0 aliphatic heterocycles. The highest BCUT2D eigenvalue weighted by molar-refractivity contribution is 5.95. The Hall–Kier alpha value is -1.29. The van der Waals surface area contributed by atoms with Gasteiger partial charge in [0.05, 0.1) is 5.56 Å². The van der Waals surface area contributed by atoms with Crippen molar-refractivity contribution in [3.8, 4) is 0 Å². The first-order valence-electron chi connectivity index (χ1n) is 6.54. The van der Waals surface area contributed by atoms with Crippen LogP contribution < -0.4 is 5.32 Å². The van der Waals surface area contributed by atoms with Crippen molar-refractivity contribution in [1.82, 2.24) is 5.32 Å². The highest BCUT2D eigenvalue weighted by atomic mass is 16.3. The first kappa shape index (κ1) is 14.8. The van der Waals surface area contributed by atoms with Crippen LogP contribution in [0.3, 0.4) is 0 Å². The molecule has 0 aromatic carbocycles. The lowest BCUT2D eigenvalue weighted by atomic mass is 10.00. The maximum Gasteiger partial charge on any atom is 0.254 e. The molecule has 0 saturated heterocycles. The highest BCUT2D eigenvalue weighted by Crippen LogP contribution is 2.14. The lowest BCUT2D eigenvalue weighted by Crippen LogP contribution is -2.29. The number of hydrogen-bond acceptors (Lipinski definition) is 3. The topological polar surface area (TPSA) is 62.5 Å². The molecule has 4 heteroatoms. The van der Waals surface area contributed by atoms with Gasteiger partial charge in [-0.2, -0.15) is 0 Å². The summed E-state index contributed by atoms with van der Waals surface area (Å²) in [5.41, 5.74) is 0.603. The molecular weight excluding hydrogens is 230 g/mol. The predicted octanol–water partition coefficient (Wildman–Crippen LogP) is 2.42. The van der Waals surface area contributed by atoms with Gasteiger partial charge in [-0.15, -0.1) is 0 Å². The van der Waals surface area contributed by atoms with Gasteiger partial charge in [0.15, 0.2) is 0 Å². The number of carbonyl (C=O) groups is 1. The van der Waals surface area contributed by atoms with Crippen molar-refractivity contribution in [3.63, 3.8) is 0 Å². The third-order valence-corrected chi connectivity index (χ3v) is 3.07. The summed E-state index contributed by atoms with van der Waals surface area (Å²) in [6.45, 7) is 6.51. The number of aryl methyl sites for hydroxylation is 2. The monoisotopic (exact) mass is 253 g/mol. The van der Waals surface area contributed by atoms with Gasteiger partial charge in [0.1, 0.15) is 11.5 Å². The van der Waals surface area contributed by atoms with Crippen LogP contribution in [-0.4, -0.2) is 24.2 Å². The Morgan fingerprint density at radius 2 is 2.17 bits per heavy atom. The van der Waals surface area contributed by atoms with E-state index in [4.69, 9.17) is 9.52 Å². The largest absolute Gasteiger partial charge is 0.466 e. The van der Waals surface area contributed by atoms with E-state index in [-0.39, 0.29) is 12.5 Å². The number of furan rings is 1. The van der Waals surface area contributed by atoms with Crippen LogP contribution in [0.1, 0.15) is 48.1 Å². The second-order valence-electron chi connectivity index (χ2n) is 4.70. The molecule has 0 fully saturated rings. The summed E-state index contributed by atoms with van der Waals surface area (Å²) in [7, 11) is 0. The Kier molecular flexibility index (Phi) is 5.92. The number of carbonyl (C=O) groups excluding carboxylic acids is 1. The Labute approximate surface area is 108 Å². The summed E-state index contributed by atoms with van der Waals surface area (Å²) < 4.78 is 5.34. The lowest BCUT2D eigenvalue weighted by Gasteiger charge is -2.15. The van der Waals surface area contributed by atoms with Gasteiger partial charge in [-0.25, -0.2) is 0 Å². The molecule has 0 aliphatic carbocycles. The molecule has 102 valence electrons. The van der Waals surface area contributed by atoms with Gasteiger partial charge < -0.3 is 14.8 Å². The van der Waals surface area contributed by atoms with Crippen molar-refractivity contribution in [2.75, 3.05) is 13.2 Å². The fraction of sp³-hybridized carbons (Fsp3) is 0.643. The number of nitrogens with one attached hydrogen (secondary N) is 1. The number of amides is 1. The number of aliphatic hydroxyl groups is 1. The van der Waals surface area contributed by atoms with Gasteiger partial charge in [0.25, 0.3) is 5.91 Å². The van der Waals surface area contributed by atoms with E-state index >= 15 is 0 Å². The quantitative estimate of drug-likeness (QED) is 0.784. The summed E-state index contributed by atoms with van der Waals surface area (Å²) in [5.74, 6) is 1.65. The van der Waals surface area contributed by atoms with Crippen LogP contribution in [-0.2, 0) is 0 Å². The molecule has 4 nitrogen and oxygen atoms in total. The van der Waals surface area contributed by atoms with Crippen LogP contribution in [0.5, 0.6) is 0 Å². The van der Waals surface area contributed by atoms with Crippen LogP contribution >= 0.6 is 0 Å². The maximum atomic E-state index is 12.0. The molecule has 1 aromatic heterocycles. The molecule has 1 aromatic rings. The van der Waals surface area contributed by atoms with Crippen molar-refractivity contribution in [1.29, 1.82) is 0 Å². The minimum atomic E-state index is -0.0941. The summed E-state index contributed by atoms with van der Waals surface area (Å²) in [5, 5.41) is 11.9. The van der Waals surface area contributed by atoms with E-state index in [1.165, 1.54) is 0 Å². The third kappa shape index (κ3) is 4.18. The first-order chi connectivity index (χ1) is 8.58. The molecule has 0 spiro atoms. The van der Waals surface area contributed by atoms with Gasteiger partial charge in [-0.3, -0.25) is 4.79 Å². The predicted molar refractivity (Wildman–Crippen MR) is 70.6 cm³/mol. The lowest BCUT2D eigenvalue weighted by molar-refractivity contribution is 0.0941. The number of rotatable bonds is 7. The summed E-state index contributed by atoms with van der Waals surface area (Å²) in [4.78, 5) is 12.0. The van der Waals surface area contributed by atoms with Crippen LogP contribution in [0, 0.1) is 19.8 Å². The zero-order valence-electron chi connectivity index (χ0n) is 11.5. The molecule has 1 amide bonds. The normalized spacial score (nSPS) is 12.4. The third-order valence-electron chi connectivity index (χ3n) is 3.07. The smallest absolute Gasteiger partial charge is 0.254 e. The number of hydrogen-bond donors (Lipinski definition) is 2. The van der Waals surface area contributed by atoms with Gasteiger partial charge in [-0.1, -0.05) is 13.3 Å². The summed E-state index contributed by atoms with van der Waals surface area (Å²) in [6.07, 6.45) is 2.81. The van der Waals surface area contributed by atoms with Gasteiger partial charge >= 0.3 is 0 Å². The van der Waals surface area contributed by atoms with Crippen molar-refractivity contribution in [2.45, 2.75) is 40.0 Å². The van der Waals surface area contributed by atoms with E-state index in [2.05, 4.69) is 12.2 Å². The van der Waals surface area contributed by atoms with E-state index in [9.17, 15) is 4.79 Å². The van der Waals surface area contributed by atoms with Crippen LogP contribution in [0.25, 0.3) is 0 Å². The minimum absolute atomic E-state index is 0.0941. The number of aliphatic hydroxyl groups excluding tert-OH is 1. The Bertz CT molecular complexity index is 378. The van der Waals surface area contributed by atoms with Crippen molar-refractivity contribution in [3.05, 3.63) is 23.2 Å². The molecule has 0 radical (unpaired) electrons. The molecule has 2 N–H and O–H groups in total. The molecule has 1 rings (SSSR count). The van der Waals surface area contributed by atoms with Crippen molar-refractivity contribution in [2.24, 2.45) is 5.92 Å². The standard InChI is InChI=1S/C14H23NO3/c1-4-5-12(6-7-16)9-15-14(17)13-8-10(2)18-11(13)3/h8,12,16H,4-7,9H2,1-3H3,(H,15,17). The van der Waals surface area contributed by atoms with Crippen molar-refractivity contribution >= 4 is 5.91 Å². The molecule has 0 saturated carbocycles. The molecule has 18 heavy (non-hydrogen) atoms. The maximum absolute atomic E-state index is 12.0. The average Bonchev–Trinajstić information content (AvgIpc) is 2.65. The molecule has 0 aliphatic rings. The first-order valence-corrected chi connectivity index (χ1v) is 6.54. The van der Waals surface area contributed by atoms with E-state index in [1.807, 2.05) is 6.92 Å². The summed E-state index contributed by atoms with van der Waals surface area (Å²) in [6, 6.07) is 1.76. The van der Waals surface area contributed by atoms with Crippen LogP contribution in [0.15, 0.2) is 10.5 Å². The van der Waals surface area contributed by atoms with E-state index < -0.39 is 0 Å². The SMILES string of the molecule is CCCC(CCO)CNC(=O)c1cc(C)oc1C. The van der Waals surface area contributed by atoms with Crippen LogP contribution in [0.2, 0.25) is 0 Å². The van der Waals surface area contributed by atoms with E-state index in [1.54, 1.807) is 13.0 Å². The van der Waals surface area contributed by atoms with Gasteiger partial charge in [0, 0.05) is 13.2 Å². The zero-order chi connectivity index (χ0) is 13.5. The Balaban J connectivity index is 2.51. The van der Waals surface area contributed by atoms with E-state index in [0.29, 0.717) is 23.8 Å². The second kappa shape index (κ2) is 7.21. The molecule has 1 atom stereocenters. The van der Waals surface area contributed by atoms with Crippen molar-refractivity contribution < 1.29 is 14.3 Å². The zero-order valence-corrected chi connectivity index (χ0v) is 11.5. The Morgan fingerprint density at radius 3 is 2.67 bits per heavy atom. The fourth-order valence-corrected chi connectivity index (χ4v) is 2.13.